The Morgan fingerprint density at radius 3 is 2.92 bits per heavy atom. The molecule has 0 spiro atoms. The zero-order chi connectivity index (χ0) is 8.55. The summed E-state index contributed by atoms with van der Waals surface area (Å²) in [6.07, 6.45) is 0. The van der Waals surface area contributed by atoms with Crippen molar-refractivity contribution in [3.63, 3.8) is 0 Å². The first-order valence-electron chi connectivity index (χ1n) is 3.64. The van der Waals surface area contributed by atoms with Crippen molar-refractivity contribution in [1.29, 1.82) is 0 Å². The lowest BCUT2D eigenvalue weighted by molar-refractivity contribution is 1.29. The Hall–Kier alpha value is -1.22. The molecule has 0 amide bonds. The van der Waals surface area contributed by atoms with E-state index in [4.69, 9.17) is 0 Å². The molecule has 1 aromatic heterocycles. The number of rotatable bonds is 0. The number of hydrogen-bond donors (Lipinski definition) is 0. The summed E-state index contributed by atoms with van der Waals surface area (Å²) in [4.78, 5) is 11.5. The summed E-state index contributed by atoms with van der Waals surface area (Å²) in [5.41, 5.74) is 0.628. The molecular weight excluding hydrogens is 170 g/mol. The quantitative estimate of drug-likeness (QED) is 0.615. The van der Waals surface area contributed by atoms with Gasteiger partial charge in [0.1, 0.15) is 0 Å². The van der Waals surface area contributed by atoms with Gasteiger partial charge in [-0.2, -0.15) is 4.37 Å². The van der Waals surface area contributed by atoms with Crippen molar-refractivity contribution in [1.82, 2.24) is 4.37 Å². The highest BCUT2D eigenvalue weighted by Crippen LogP contribution is 2.12. The minimum absolute atomic E-state index is 0.0457. The highest BCUT2D eigenvalue weighted by Gasteiger charge is 2.00. The molecule has 1 heterocycles. The van der Waals surface area contributed by atoms with Crippen molar-refractivity contribution in [3.8, 4) is 0 Å². The van der Waals surface area contributed by atoms with Crippen molar-refractivity contribution < 1.29 is 0 Å². The monoisotopic (exact) mass is 177 g/mol. The molecule has 0 aliphatic heterocycles. The molecule has 12 heavy (non-hydrogen) atoms. The van der Waals surface area contributed by atoms with Gasteiger partial charge in [-0.25, -0.2) is 0 Å². The summed E-state index contributed by atoms with van der Waals surface area (Å²) >= 11 is 1.37. The number of aromatic nitrogens is 1. The van der Waals surface area contributed by atoms with Crippen LogP contribution in [0.4, 0.5) is 0 Å². The molecule has 0 aliphatic rings. The van der Waals surface area contributed by atoms with Gasteiger partial charge in [-0.1, -0.05) is 12.1 Å². The van der Waals surface area contributed by atoms with Crippen LogP contribution in [0.3, 0.4) is 0 Å². The maximum atomic E-state index is 11.5. The van der Waals surface area contributed by atoms with Crippen molar-refractivity contribution in [3.05, 3.63) is 40.2 Å². The first-order chi connectivity index (χ1) is 5.79. The molecule has 1 aromatic carbocycles. The maximum Gasteiger partial charge on any atom is 0.209 e. The van der Waals surface area contributed by atoms with Crippen molar-refractivity contribution >= 4 is 21.6 Å². The molecule has 2 aromatic rings. The van der Waals surface area contributed by atoms with Crippen LogP contribution in [-0.2, 0) is 0 Å². The highest BCUT2D eigenvalue weighted by molar-refractivity contribution is 7.12. The molecule has 0 saturated heterocycles. The SMILES string of the molecule is Cc1nsc2ccccc2c1=O. The van der Waals surface area contributed by atoms with Crippen LogP contribution in [0, 0.1) is 6.92 Å². The summed E-state index contributed by atoms with van der Waals surface area (Å²) < 4.78 is 4.99. The number of aryl methyl sites for hydroxylation is 1. The van der Waals surface area contributed by atoms with Gasteiger partial charge in [0.25, 0.3) is 0 Å². The van der Waals surface area contributed by atoms with Crippen LogP contribution in [0.25, 0.3) is 10.1 Å². The standard InChI is InChI=1S/C9H7NOS/c1-6-9(11)7-4-2-3-5-8(7)12-10-6/h2-5H,1H3. The molecule has 0 atom stereocenters. The second-order valence-electron chi connectivity index (χ2n) is 2.59. The smallest absolute Gasteiger partial charge is 0.209 e. The topological polar surface area (TPSA) is 30.0 Å². The molecule has 3 heteroatoms. The molecule has 0 saturated carbocycles. The molecule has 0 aliphatic carbocycles. The van der Waals surface area contributed by atoms with E-state index in [2.05, 4.69) is 4.37 Å². The Balaban J connectivity index is 3.01. The predicted octanol–water partition coefficient (Wildman–Crippen LogP) is 1.96. The van der Waals surface area contributed by atoms with E-state index in [1.165, 1.54) is 11.5 Å². The number of hydrogen-bond acceptors (Lipinski definition) is 3. The summed E-state index contributed by atoms with van der Waals surface area (Å²) in [5, 5.41) is 0.773. The Labute approximate surface area is 73.7 Å². The van der Waals surface area contributed by atoms with E-state index in [9.17, 15) is 4.79 Å². The van der Waals surface area contributed by atoms with E-state index in [0.29, 0.717) is 5.69 Å². The van der Waals surface area contributed by atoms with E-state index in [0.717, 1.165) is 10.1 Å². The van der Waals surface area contributed by atoms with Crippen molar-refractivity contribution in [2.45, 2.75) is 6.92 Å². The molecule has 0 fully saturated rings. The minimum Gasteiger partial charge on any atom is -0.287 e. The maximum absolute atomic E-state index is 11.5. The third kappa shape index (κ3) is 1.02. The lowest BCUT2D eigenvalue weighted by Crippen LogP contribution is -2.05. The molecule has 60 valence electrons. The van der Waals surface area contributed by atoms with Gasteiger partial charge < -0.3 is 0 Å². The normalized spacial score (nSPS) is 10.4. The average molecular weight is 177 g/mol. The fourth-order valence-electron chi connectivity index (χ4n) is 1.09. The van der Waals surface area contributed by atoms with Crippen molar-refractivity contribution in [2.75, 3.05) is 0 Å². The predicted molar refractivity (Wildman–Crippen MR) is 50.6 cm³/mol. The van der Waals surface area contributed by atoms with Crippen LogP contribution >= 0.6 is 11.5 Å². The molecule has 0 radical (unpaired) electrons. The molecule has 0 unspecified atom stereocenters. The lowest BCUT2D eigenvalue weighted by Gasteiger charge is -1.93. The Bertz CT molecular complexity index is 475. The number of fused-ring (bicyclic) bond motifs is 1. The van der Waals surface area contributed by atoms with Crippen LogP contribution in [0.2, 0.25) is 0 Å². The summed E-state index contributed by atoms with van der Waals surface area (Å²) in [6.45, 7) is 1.74. The molecule has 2 nitrogen and oxygen atoms in total. The first kappa shape index (κ1) is 7.43. The highest BCUT2D eigenvalue weighted by atomic mass is 32.1. The van der Waals surface area contributed by atoms with Gasteiger partial charge in [0.15, 0.2) is 0 Å². The van der Waals surface area contributed by atoms with Crippen LogP contribution in [0.5, 0.6) is 0 Å². The van der Waals surface area contributed by atoms with Gasteiger partial charge in [-0.05, 0) is 30.6 Å². The first-order valence-corrected chi connectivity index (χ1v) is 4.42. The fourth-order valence-corrected chi connectivity index (χ4v) is 1.80. The van der Waals surface area contributed by atoms with E-state index in [1.54, 1.807) is 6.92 Å². The van der Waals surface area contributed by atoms with Crippen LogP contribution in [-0.4, -0.2) is 4.37 Å². The lowest BCUT2D eigenvalue weighted by atomic mass is 10.2. The van der Waals surface area contributed by atoms with Crippen LogP contribution in [0.15, 0.2) is 29.1 Å². The van der Waals surface area contributed by atoms with E-state index < -0.39 is 0 Å². The van der Waals surface area contributed by atoms with Crippen LogP contribution < -0.4 is 5.43 Å². The van der Waals surface area contributed by atoms with Crippen molar-refractivity contribution in [2.24, 2.45) is 0 Å². The van der Waals surface area contributed by atoms with Gasteiger partial charge in [0, 0.05) is 5.39 Å². The second kappa shape index (κ2) is 2.68. The molecular formula is C9H7NOS. The molecule has 2 rings (SSSR count). The number of benzene rings is 1. The minimum atomic E-state index is 0.0457. The Morgan fingerprint density at radius 1 is 1.33 bits per heavy atom. The van der Waals surface area contributed by atoms with E-state index in [-0.39, 0.29) is 5.43 Å². The van der Waals surface area contributed by atoms with Gasteiger partial charge in [-0.15, -0.1) is 0 Å². The molecule has 0 N–H and O–H groups in total. The zero-order valence-corrected chi connectivity index (χ0v) is 7.39. The van der Waals surface area contributed by atoms with Gasteiger partial charge >= 0.3 is 0 Å². The van der Waals surface area contributed by atoms with Crippen LogP contribution in [0.1, 0.15) is 5.69 Å². The third-order valence-electron chi connectivity index (χ3n) is 1.74. The summed E-state index contributed by atoms with van der Waals surface area (Å²) in [7, 11) is 0. The third-order valence-corrected chi connectivity index (χ3v) is 2.66. The Kier molecular flexibility index (Phi) is 1.66. The second-order valence-corrected chi connectivity index (χ2v) is 3.40. The van der Waals surface area contributed by atoms with Gasteiger partial charge in [-0.3, -0.25) is 4.79 Å². The fraction of sp³-hybridized carbons (Fsp3) is 0.111. The average Bonchev–Trinajstić information content (AvgIpc) is 2.12. The van der Waals surface area contributed by atoms with E-state index in [1.807, 2.05) is 24.3 Å². The summed E-state index contributed by atoms with van der Waals surface area (Å²) in [5.74, 6) is 0. The largest absolute Gasteiger partial charge is 0.287 e. The zero-order valence-electron chi connectivity index (χ0n) is 6.57. The molecule has 0 bridgehead atoms. The van der Waals surface area contributed by atoms with Gasteiger partial charge in [0.2, 0.25) is 5.43 Å². The Morgan fingerprint density at radius 2 is 2.08 bits per heavy atom. The van der Waals surface area contributed by atoms with E-state index >= 15 is 0 Å². The number of nitrogens with zero attached hydrogens (tertiary/aromatic N) is 1. The van der Waals surface area contributed by atoms with Gasteiger partial charge in [0.05, 0.1) is 10.4 Å². The summed E-state index contributed by atoms with van der Waals surface area (Å²) in [6, 6.07) is 7.53.